The number of halogens is 2. The molecular formula is C10H5BrFN3. The van der Waals surface area contributed by atoms with Gasteiger partial charge in [-0.15, -0.1) is 0 Å². The van der Waals surface area contributed by atoms with E-state index in [1.54, 1.807) is 18.5 Å². The molecular weight excluding hydrogens is 261 g/mol. The first-order chi connectivity index (χ1) is 7.20. The Morgan fingerprint density at radius 2 is 2.27 bits per heavy atom. The number of nitriles is 1. The second-order valence-electron chi connectivity index (χ2n) is 2.88. The van der Waals surface area contributed by atoms with Crippen molar-refractivity contribution in [3.8, 4) is 11.8 Å². The van der Waals surface area contributed by atoms with E-state index in [0.29, 0.717) is 11.3 Å². The van der Waals surface area contributed by atoms with E-state index < -0.39 is 5.82 Å². The predicted octanol–water partition coefficient (Wildman–Crippen LogP) is 2.65. The number of hydrogen-bond acceptors (Lipinski definition) is 2. The smallest absolute Gasteiger partial charge is 0.150 e. The van der Waals surface area contributed by atoms with Gasteiger partial charge in [0.25, 0.3) is 0 Å². The molecule has 74 valence electrons. The van der Waals surface area contributed by atoms with Gasteiger partial charge in [0.15, 0.2) is 0 Å². The fourth-order valence-electron chi connectivity index (χ4n) is 1.19. The van der Waals surface area contributed by atoms with Crippen LogP contribution in [0.4, 0.5) is 4.39 Å². The molecule has 1 heterocycles. The summed E-state index contributed by atoms with van der Waals surface area (Å²) in [5.41, 5.74) is 0.613. The maximum atomic E-state index is 13.5. The largest absolute Gasteiger partial charge is 0.237 e. The third kappa shape index (κ3) is 1.90. The first-order valence-electron chi connectivity index (χ1n) is 4.11. The van der Waals surface area contributed by atoms with E-state index in [2.05, 4.69) is 21.0 Å². The van der Waals surface area contributed by atoms with Crippen molar-refractivity contribution in [3.63, 3.8) is 0 Å². The van der Waals surface area contributed by atoms with E-state index in [1.165, 1.54) is 16.8 Å². The maximum absolute atomic E-state index is 13.5. The molecule has 1 aromatic carbocycles. The maximum Gasteiger partial charge on any atom is 0.150 e. The fraction of sp³-hybridized carbons (Fsp3) is 0. The average Bonchev–Trinajstić information content (AvgIpc) is 2.64. The van der Waals surface area contributed by atoms with Crippen molar-refractivity contribution in [2.75, 3.05) is 0 Å². The highest BCUT2D eigenvalue weighted by Gasteiger charge is 2.06. The zero-order valence-corrected chi connectivity index (χ0v) is 9.07. The van der Waals surface area contributed by atoms with Crippen LogP contribution in [0.25, 0.3) is 5.69 Å². The van der Waals surface area contributed by atoms with E-state index >= 15 is 0 Å². The summed E-state index contributed by atoms with van der Waals surface area (Å²) < 4.78 is 15.7. The SMILES string of the molecule is N#Cc1ccc(-n2cc(Br)cn2)c(F)c1. The molecule has 0 fully saturated rings. The Morgan fingerprint density at radius 3 is 2.80 bits per heavy atom. The Kier molecular flexibility index (Phi) is 2.52. The zero-order chi connectivity index (χ0) is 10.8. The molecule has 0 saturated heterocycles. The van der Waals surface area contributed by atoms with Gasteiger partial charge < -0.3 is 0 Å². The lowest BCUT2D eigenvalue weighted by Crippen LogP contribution is -1.98. The van der Waals surface area contributed by atoms with Crippen LogP contribution in [0.5, 0.6) is 0 Å². The van der Waals surface area contributed by atoms with Crippen LogP contribution < -0.4 is 0 Å². The molecule has 5 heteroatoms. The number of rotatable bonds is 1. The fourth-order valence-corrected chi connectivity index (χ4v) is 1.48. The molecule has 0 spiro atoms. The lowest BCUT2D eigenvalue weighted by molar-refractivity contribution is 0.610. The summed E-state index contributed by atoms with van der Waals surface area (Å²) in [5.74, 6) is -0.468. The predicted molar refractivity (Wildman–Crippen MR) is 55.9 cm³/mol. The quantitative estimate of drug-likeness (QED) is 0.796. The van der Waals surface area contributed by atoms with Crippen molar-refractivity contribution in [3.05, 3.63) is 46.4 Å². The molecule has 1 aromatic heterocycles. The van der Waals surface area contributed by atoms with E-state index in [0.717, 1.165) is 4.47 Å². The molecule has 0 radical (unpaired) electrons. The number of benzene rings is 1. The summed E-state index contributed by atoms with van der Waals surface area (Å²) in [6, 6.07) is 6.13. The van der Waals surface area contributed by atoms with E-state index in [-0.39, 0.29) is 0 Å². The van der Waals surface area contributed by atoms with Crippen molar-refractivity contribution < 1.29 is 4.39 Å². The molecule has 0 saturated carbocycles. The second kappa shape index (κ2) is 3.83. The number of aromatic nitrogens is 2. The molecule has 2 aromatic rings. The highest BCUT2D eigenvalue weighted by atomic mass is 79.9. The second-order valence-corrected chi connectivity index (χ2v) is 3.80. The highest BCUT2D eigenvalue weighted by molar-refractivity contribution is 9.10. The summed E-state index contributed by atoms with van der Waals surface area (Å²) in [6.45, 7) is 0. The summed E-state index contributed by atoms with van der Waals surface area (Å²) in [7, 11) is 0. The van der Waals surface area contributed by atoms with Gasteiger partial charge in [0, 0.05) is 6.20 Å². The van der Waals surface area contributed by atoms with Crippen molar-refractivity contribution >= 4 is 15.9 Å². The molecule has 0 unspecified atom stereocenters. The minimum atomic E-state index is -0.468. The van der Waals surface area contributed by atoms with Gasteiger partial charge in [-0.2, -0.15) is 10.4 Å². The van der Waals surface area contributed by atoms with Gasteiger partial charge in [0.2, 0.25) is 0 Å². The average molecular weight is 266 g/mol. The highest BCUT2D eigenvalue weighted by Crippen LogP contribution is 2.16. The van der Waals surface area contributed by atoms with Crippen molar-refractivity contribution in [1.29, 1.82) is 5.26 Å². The van der Waals surface area contributed by atoms with Crippen molar-refractivity contribution in [1.82, 2.24) is 9.78 Å². The Morgan fingerprint density at radius 1 is 1.47 bits per heavy atom. The van der Waals surface area contributed by atoms with Gasteiger partial charge in [-0.3, -0.25) is 0 Å². The molecule has 0 aliphatic heterocycles. The lowest BCUT2D eigenvalue weighted by Gasteiger charge is -2.02. The first kappa shape index (κ1) is 9.87. The van der Waals surface area contributed by atoms with Crippen LogP contribution in [0.15, 0.2) is 35.1 Å². The molecule has 15 heavy (non-hydrogen) atoms. The van der Waals surface area contributed by atoms with Crippen molar-refractivity contribution in [2.45, 2.75) is 0 Å². The van der Waals surface area contributed by atoms with E-state index in [1.807, 2.05) is 6.07 Å². The standard InChI is InChI=1S/C10H5BrFN3/c11-8-5-14-15(6-8)10-2-1-7(4-13)3-9(10)12/h1-3,5-6H. The summed E-state index contributed by atoms with van der Waals surface area (Å²) in [6.07, 6.45) is 3.21. The van der Waals surface area contributed by atoms with Gasteiger partial charge in [0.05, 0.1) is 22.3 Å². The molecule has 2 rings (SSSR count). The number of nitrogens with zero attached hydrogens (tertiary/aromatic N) is 3. The first-order valence-corrected chi connectivity index (χ1v) is 4.90. The summed E-state index contributed by atoms with van der Waals surface area (Å²) in [4.78, 5) is 0. The van der Waals surface area contributed by atoms with Crippen LogP contribution >= 0.6 is 15.9 Å². The molecule has 0 atom stereocenters. The molecule has 0 amide bonds. The Bertz CT molecular complexity index is 542. The monoisotopic (exact) mass is 265 g/mol. The van der Waals surface area contributed by atoms with Crippen LogP contribution in [-0.4, -0.2) is 9.78 Å². The zero-order valence-electron chi connectivity index (χ0n) is 7.48. The normalized spacial score (nSPS) is 9.93. The van der Waals surface area contributed by atoms with Crippen molar-refractivity contribution in [2.24, 2.45) is 0 Å². The van der Waals surface area contributed by atoms with Gasteiger partial charge in [-0.25, -0.2) is 9.07 Å². The topological polar surface area (TPSA) is 41.6 Å². The van der Waals surface area contributed by atoms with E-state index in [4.69, 9.17) is 5.26 Å². The third-order valence-corrected chi connectivity index (χ3v) is 2.28. The minimum absolute atomic E-state index is 0.294. The van der Waals surface area contributed by atoms with Gasteiger partial charge >= 0.3 is 0 Å². The number of hydrogen-bond donors (Lipinski definition) is 0. The summed E-state index contributed by atoms with van der Waals surface area (Å²) >= 11 is 3.22. The van der Waals surface area contributed by atoms with Gasteiger partial charge in [-0.05, 0) is 34.1 Å². The Labute approximate surface area is 93.9 Å². The van der Waals surface area contributed by atoms with Crippen LogP contribution in [0.1, 0.15) is 5.56 Å². The molecule has 0 aliphatic carbocycles. The molecule has 0 aliphatic rings. The lowest BCUT2D eigenvalue weighted by atomic mass is 10.2. The summed E-state index contributed by atoms with van der Waals surface area (Å²) in [5, 5.41) is 12.5. The van der Waals surface area contributed by atoms with Crippen LogP contribution in [0.3, 0.4) is 0 Å². The molecule has 0 N–H and O–H groups in total. The van der Waals surface area contributed by atoms with Gasteiger partial charge in [-0.1, -0.05) is 0 Å². The van der Waals surface area contributed by atoms with Crippen LogP contribution in [-0.2, 0) is 0 Å². The molecule has 0 bridgehead atoms. The minimum Gasteiger partial charge on any atom is -0.237 e. The van der Waals surface area contributed by atoms with Crippen LogP contribution in [0, 0.1) is 17.1 Å². The van der Waals surface area contributed by atoms with Gasteiger partial charge in [0.1, 0.15) is 11.5 Å². The van der Waals surface area contributed by atoms with E-state index in [9.17, 15) is 4.39 Å². The third-order valence-electron chi connectivity index (χ3n) is 1.87. The van der Waals surface area contributed by atoms with Crippen LogP contribution in [0.2, 0.25) is 0 Å². The Balaban J connectivity index is 2.51. The molecule has 3 nitrogen and oxygen atoms in total. The Hall–Kier alpha value is -1.67.